The Kier molecular flexibility index (Phi) is 9.13. The average molecular weight is 582 g/mol. The fourth-order valence-corrected chi connectivity index (χ4v) is 4.75. The van der Waals surface area contributed by atoms with Gasteiger partial charge in [-0.2, -0.15) is 5.26 Å². The number of hydrogen-bond acceptors (Lipinski definition) is 3. The summed E-state index contributed by atoms with van der Waals surface area (Å²) in [4.78, 5) is 12.6. The molecule has 3 aromatic rings. The standard InChI is InChI=1S/C28H30N4O2.HI/c1-32(14-12-22(13-15-32)16-21-6-3-2-4-7-21)20-24-18-26(33)10-11-27(24)31-28(34)30-25-9-5-8-23(17-25)19-29;/h2-11,17-18,22H,12-16,20H2,1H3,(H2-,30,31,33,34);1H. The van der Waals surface area contributed by atoms with Gasteiger partial charge >= 0.3 is 6.03 Å². The Hall–Kier alpha value is -3.09. The number of hydrogen-bond donors (Lipinski definition) is 3. The number of nitrogens with one attached hydrogen (secondary N) is 2. The first-order chi connectivity index (χ1) is 16.4. The predicted molar refractivity (Wildman–Crippen MR) is 134 cm³/mol. The van der Waals surface area contributed by atoms with Crippen LogP contribution in [-0.4, -0.2) is 35.8 Å². The molecule has 1 heterocycles. The summed E-state index contributed by atoms with van der Waals surface area (Å²) in [7, 11) is 2.25. The van der Waals surface area contributed by atoms with Crippen molar-refractivity contribution < 1.29 is 38.4 Å². The number of rotatable bonds is 6. The van der Waals surface area contributed by atoms with Crippen LogP contribution in [-0.2, 0) is 13.0 Å². The quantitative estimate of drug-likeness (QED) is 0.237. The van der Waals surface area contributed by atoms with E-state index in [1.807, 2.05) is 0 Å². The normalized spacial score (nSPS) is 19.1. The van der Waals surface area contributed by atoms with Crippen LogP contribution in [0.5, 0.6) is 5.75 Å². The van der Waals surface area contributed by atoms with Gasteiger partial charge in [0.25, 0.3) is 0 Å². The second kappa shape index (κ2) is 12.0. The summed E-state index contributed by atoms with van der Waals surface area (Å²) in [5, 5.41) is 24.9. The number of urea groups is 1. The Morgan fingerprint density at radius 3 is 2.49 bits per heavy atom. The van der Waals surface area contributed by atoms with Gasteiger partial charge in [-0.1, -0.05) is 36.4 Å². The first-order valence-electron chi connectivity index (χ1n) is 11.7. The monoisotopic (exact) mass is 582 g/mol. The van der Waals surface area contributed by atoms with Crippen LogP contribution < -0.4 is 34.6 Å². The highest BCUT2D eigenvalue weighted by Gasteiger charge is 2.31. The summed E-state index contributed by atoms with van der Waals surface area (Å²) in [5.74, 6) is 0.874. The maximum absolute atomic E-state index is 12.6. The summed E-state index contributed by atoms with van der Waals surface area (Å²) in [6.45, 7) is 2.84. The van der Waals surface area contributed by atoms with Crippen LogP contribution in [0.3, 0.4) is 0 Å². The second-order valence-electron chi connectivity index (χ2n) is 9.47. The largest absolute Gasteiger partial charge is 1.00 e. The summed E-state index contributed by atoms with van der Waals surface area (Å²) < 4.78 is 0.870. The first kappa shape index (κ1) is 26.5. The minimum atomic E-state index is -0.383. The Morgan fingerprint density at radius 1 is 1.03 bits per heavy atom. The molecule has 4 rings (SSSR count). The van der Waals surface area contributed by atoms with Gasteiger partial charge in [0.2, 0.25) is 0 Å². The van der Waals surface area contributed by atoms with Crippen molar-refractivity contribution in [2.24, 2.45) is 5.92 Å². The third-order valence-electron chi connectivity index (χ3n) is 6.66. The molecule has 7 heteroatoms. The molecule has 182 valence electrons. The van der Waals surface area contributed by atoms with Gasteiger partial charge < -0.3 is 44.2 Å². The van der Waals surface area contributed by atoms with E-state index in [1.54, 1.807) is 42.5 Å². The van der Waals surface area contributed by atoms with Crippen LogP contribution in [0.1, 0.15) is 29.5 Å². The summed E-state index contributed by atoms with van der Waals surface area (Å²) in [5.41, 5.74) is 4.02. The molecule has 6 nitrogen and oxygen atoms in total. The topological polar surface area (TPSA) is 85.2 Å². The van der Waals surface area contributed by atoms with Crippen LogP contribution in [0.2, 0.25) is 0 Å². The zero-order valence-corrected chi connectivity index (χ0v) is 22.0. The molecule has 2 amide bonds. The highest BCUT2D eigenvalue weighted by atomic mass is 127. The molecular weight excluding hydrogens is 551 g/mol. The molecular formula is C28H31IN4O2. The Labute approximate surface area is 224 Å². The fraction of sp³-hybridized carbons (Fsp3) is 0.286. The molecule has 3 aromatic carbocycles. The van der Waals surface area contributed by atoms with E-state index in [2.05, 4.69) is 54.1 Å². The Bertz CT molecular complexity index is 1190. The van der Waals surface area contributed by atoms with Gasteiger partial charge in [0, 0.05) is 11.3 Å². The number of benzene rings is 3. The molecule has 35 heavy (non-hydrogen) atoms. The molecule has 1 aliphatic heterocycles. The number of nitrogens with zero attached hydrogens (tertiary/aromatic N) is 2. The fourth-order valence-electron chi connectivity index (χ4n) is 4.75. The van der Waals surface area contributed by atoms with Crippen LogP contribution in [0.15, 0.2) is 72.8 Å². The lowest BCUT2D eigenvalue weighted by Crippen LogP contribution is -3.00. The van der Waals surface area contributed by atoms with Gasteiger partial charge in [-0.15, -0.1) is 0 Å². The smallest absolute Gasteiger partial charge is 0.323 e. The van der Waals surface area contributed by atoms with Crippen LogP contribution in [0.4, 0.5) is 16.2 Å². The van der Waals surface area contributed by atoms with Gasteiger partial charge in [-0.25, -0.2) is 4.79 Å². The zero-order chi connectivity index (χ0) is 24.0. The number of halogens is 1. The third-order valence-corrected chi connectivity index (χ3v) is 6.66. The lowest BCUT2D eigenvalue weighted by molar-refractivity contribution is -0.928. The SMILES string of the molecule is C[N+]1(Cc2cc(O)ccc2NC(=O)Nc2cccc(C#N)c2)CCC(Cc2ccccc2)CC1.[I-]. The lowest BCUT2D eigenvalue weighted by atomic mass is 9.89. The van der Waals surface area contributed by atoms with Crippen molar-refractivity contribution in [1.82, 2.24) is 0 Å². The molecule has 0 radical (unpaired) electrons. The van der Waals surface area contributed by atoms with Crippen molar-refractivity contribution >= 4 is 17.4 Å². The van der Waals surface area contributed by atoms with Crippen molar-refractivity contribution in [3.8, 4) is 11.8 Å². The van der Waals surface area contributed by atoms with Crippen molar-refractivity contribution in [2.45, 2.75) is 25.8 Å². The van der Waals surface area contributed by atoms with Gasteiger partial charge in [0.05, 0.1) is 37.5 Å². The van der Waals surface area contributed by atoms with E-state index in [0.29, 0.717) is 22.9 Å². The number of phenolic OH excluding ortho intramolecular Hbond substituents is 1. The second-order valence-corrected chi connectivity index (χ2v) is 9.47. The van der Waals surface area contributed by atoms with E-state index < -0.39 is 0 Å². The first-order valence-corrected chi connectivity index (χ1v) is 11.7. The molecule has 0 atom stereocenters. The molecule has 0 bridgehead atoms. The Balaban J connectivity index is 0.00000342. The lowest BCUT2D eigenvalue weighted by Gasteiger charge is -2.41. The summed E-state index contributed by atoms with van der Waals surface area (Å²) in [6, 6.07) is 24.2. The zero-order valence-electron chi connectivity index (χ0n) is 19.9. The van der Waals surface area contributed by atoms with Crippen LogP contribution >= 0.6 is 0 Å². The molecule has 0 unspecified atom stereocenters. The molecule has 0 aromatic heterocycles. The van der Waals surface area contributed by atoms with Gasteiger partial charge in [0.1, 0.15) is 12.3 Å². The molecule has 0 saturated carbocycles. The predicted octanol–water partition coefficient (Wildman–Crippen LogP) is 2.51. The van der Waals surface area contributed by atoms with Gasteiger partial charge in [-0.3, -0.25) is 0 Å². The maximum atomic E-state index is 12.6. The van der Waals surface area contributed by atoms with Gasteiger partial charge in [-0.05, 0) is 67.1 Å². The van der Waals surface area contributed by atoms with Gasteiger partial charge in [0.15, 0.2) is 0 Å². The number of anilines is 2. The number of nitriles is 1. The molecule has 1 fully saturated rings. The number of phenols is 1. The highest BCUT2D eigenvalue weighted by Crippen LogP contribution is 2.30. The summed E-state index contributed by atoms with van der Waals surface area (Å²) >= 11 is 0. The number of amides is 2. The van der Waals surface area contributed by atoms with E-state index in [0.717, 1.165) is 48.9 Å². The molecule has 0 spiro atoms. The number of quaternary nitrogens is 1. The van der Waals surface area contributed by atoms with Crippen molar-refractivity contribution in [3.63, 3.8) is 0 Å². The van der Waals surface area contributed by atoms with Crippen molar-refractivity contribution in [3.05, 3.63) is 89.5 Å². The van der Waals surface area contributed by atoms with Crippen LogP contribution in [0.25, 0.3) is 0 Å². The minimum Gasteiger partial charge on any atom is -1.00 e. The third kappa shape index (κ3) is 7.44. The van der Waals surface area contributed by atoms with E-state index in [9.17, 15) is 9.90 Å². The summed E-state index contributed by atoms with van der Waals surface area (Å²) in [6.07, 6.45) is 3.43. The van der Waals surface area contributed by atoms with E-state index >= 15 is 0 Å². The van der Waals surface area contributed by atoms with E-state index in [-0.39, 0.29) is 35.8 Å². The molecule has 1 saturated heterocycles. The molecule has 3 N–H and O–H groups in total. The highest BCUT2D eigenvalue weighted by molar-refractivity contribution is 6.00. The number of likely N-dealkylation sites (tertiary alicyclic amines) is 1. The van der Waals surface area contributed by atoms with E-state index in [4.69, 9.17) is 5.26 Å². The van der Waals surface area contributed by atoms with Crippen LogP contribution in [0, 0.1) is 17.2 Å². The molecule has 0 aliphatic carbocycles. The molecule has 1 aliphatic rings. The van der Waals surface area contributed by atoms with Crippen molar-refractivity contribution in [1.29, 1.82) is 5.26 Å². The Morgan fingerprint density at radius 2 is 1.77 bits per heavy atom. The number of piperidine rings is 1. The number of carbonyl (C=O) groups is 1. The maximum Gasteiger partial charge on any atom is 0.323 e. The minimum absolute atomic E-state index is 0. The number of carbonyl (C=O) groups excluding carboxylic acids is 1. The van der Waals surface area contributed by atoms with Crippen molar-refractivity contribution in [2.75, 3.05) is 30.8 Å². The number of aromatic hydroxyl groups is 1. The van der Waals surface area contributed by atoms with E-state index in [1.165, 1.54) is 5.56 Å². The average Bonchev–Trinajstić information content (AvgIpc) is 2.83.